The maximum atomic E-state index is 10.8. The molecule has 1 aromatic heterocycles. The lowest BCUT2D eigenvalue weighted by Crippen LogP contribution is -2.54. The van der Waals surface area contributed by atoms with Gasteiger partial charge in [0.2, 0.25) is 5.76 Å². The lowest BCUT2D eigenvalue weighted by atomic mass is 10.00. The number of anilines is 1. The van der Waals surface area contributed by atoms with Gasteiger partial charge in [-0.1, -0.05) is 6.42 Å². The van der Waals surface area contributed by atoms with Crippen molar-refractivity contribution in [2.24, 2.45) is 0 Å². The van der Waals surface area contributed by atoms with Crippen LogP contribution in [0.4, 0.5) is 5.88 Å². The predicted molar refractivity (Wildman–Crippen MR) is 67.1 cm³/mol. The van der Waals surface area contributed by atoms with Gasteiger partial charge < -0.3 is 14.4 Å². The summed E-state index contributed by atoms with van der Waals surface area (Å²) in [5.41, 5.74) is 0. The van der Waals surface area contributed by atoms with Crippen molar-refractivity contribution in [2.75, 3.05) is 31.1 Å². The first-order valence-corrected chi connectivity index (χ1v) is 6.56. The Bertz CT molecular complexity index is 443. The third-order valence-corrected chi connectivity index (χ3v) is 3.95. The van der Waals surface area contributed by atoms with E-state index in [-0.39, 0.29) is 5.76 Å². The van der Waals surface area contributed by atoms with E-state index in [1.54, 1.807) is 6.07 Å². The van der Waals surface area contributed by atoms with Crippen LogP contribution in [-0.2, 0) is 0 Å². The topological polar surface area (TPSA) is 56.9 Å². The summed E-state index contributed by atoms with van der Waals surface area (Å²) in [7, 11) is 0. The Morgan fingerprint density at radius 2 is 2.17 bits per heavy atom. The molecule has 1 atom stereocenters. The van der Waals surface area contributed by atoms with Crippen LogP contribution in [0, 0.1) is 0 Å². The lowest BCUT2D eigenvalue weighted by molar-refractivity contribution is 0.0662. The summed E-state index contributed by atoms with van der Waals surface area (Å²) in [6.45, 7) is 4.13. The number of furan rings is 1. The molecule has 2 aliphatic rings. The fourth-order valence-corrected chi connectivity index (χ4v) is 2.97. The zero-order valence-corrected chi connectivity index (χ0v) is 10.3. The number of piperidine rings is 1. The van der Waals surface area contributed by atoms with E-state index in [2.05, 4.69) is 9.80 Å². The zero-order valence-electron chi connectivity index (χ0n) is 10.3. The van der Waals surface area contributed by atoms with E-state index in [1.165, 1.54) is 31.9 Å². The van der Waals surface area contributed by atoms with E-state index >= 15 is 0 Å². The molecule has 0 amide bonds. The minimum Gasteiger partial charge on any atom is -0.475 e. The molecule has 0 saturated carbocycles. The van der Waals surface area contributed by atoms with Crippen molar-refractivity contribution < 1.29 is 14.3 Å². The van der Waals surface area contributed by atoms with E-state index in [4.69, 9.17) is 9.52 Å². The maximum absolute atomic E-state index is 10.8. The minimum atomic E-state index is -1.00. The van der Waals surface area contributed by atoms with Gasteiger partial charge in [0.1, 0.15) is 0 Å². The monoisotopic (exact) mass is 250 g/mol. The molecule has 18 heavy (non-hydrogen) atoms. The van der Waals surface area contributed by atoms with E-state index in [0.717, 1.165) is 19.6 Å². The van der Waals surface area contributed by atoms with E-state index in [1.807, 2.05) is 0 Å². The number of carboxylic acids is 1. The molecule has 2 saturated heterocycles. The van der Waals surface area contributed by atoms with Crippen molar-refractivity contribution in [1.29, 1.82) is 0 Å². The third-order valence-electron chi connectivity index (χ3n) is 3.95. The van der Waals surface area contributed by atoms with Gasteiger partial charge >= 0.3 is 5.97 Å². The molecule has 0 spiro atoms. The Balaban J connectivity index is 1.71. The standard InChI is InChI=1S/C13H18N2O3/c16-13(17)11-4-5-12(18-11)15-8-7-14-6-2-1-3-10(14)9-15/h4-5,10H,1-3,6-9H2,(H,16,17). The summed E-state index contributed by atoms with van der Waals surface area (Å²) in [4.78, 5) is 15.5. The molecule has 3 rings (SSSR count). The molecule has 0 aliphatic carbocycles. The van der Waals surface area contributed by atoms with E-state index < -0.39 is 5.97 Å². The van der Waals surface area contributed by atoms with Crippen molar-refractivity contribution in [3.05, 3.63) is 17.9 Å². The molecule has 0 radical (unpaired) electrons. The SMILES string of the molecule is O=C(O)c1ccc(N2CCN3CCCCC3C2)o1. The highest BCUT2D eigenvalue weighted by molar-refractivity contribution is 5.84. The van der Waals surface area contributed by atoms with E-state index in [9.17, 15) is 4.79 Å². The number of aromatic carboxylic acids is 1. The Morgan fingerprint density at radius 3 is 2.94 bits per heavy atom. The third kappa shape index (κ3) is 2.10. The Morgan fingerprint density at radius 1 is 1.28 bits per heavy atom. The van der Waals surface area contributed by atoms with Gasteiger partial charge in [0.15, 0.2) is 5.88 Å². The van der Waals surface area contributed by atoms with Crippen LogP contribution >= 0.6 is 0 Å². The van der Waals surface area contributed by atoms with Gasteiger partial charge in [0.05, 0.1) is 0 Å². The van der Waals surface area contributed by atoms with Crippen LogP contribution in [0.25, 0.3) is 0 Å². The number of fused-ring (bicyclic) bond motifs is 1. The molecule has 1 N–H and O–H groups in total. The second-order valence-corrected chi connectivity index (χ2v) is 5.07. The first kappa shape index (κ1) is 11.6. The van der Waals surface area contributed by atoms with Crippen molar-refractivity contribution >= 4 is 11.9 Å². The Kier molecular flexibility index (Phi) is 2.99. The Hall–Kier alpha value is -1.49. The van der Waals surface area contributed by atoms with Crippen LogP contribution in [0.15, 0.2) is 16.5 Å². The van der Waals surface area contributed by atoms with Crippen LogP contribution in [0.3, 0.4) is 0 Å². The highest BCUT2D eigenvalue weighted by atomic mass is 16.4. The summed E-state index contributed by atoms with van der Waals surface area (Å²) in [6.07, 6.45) is 3.84. The highest BCUT2D eigenvalue weighted by Crippen LogP contribution is 2.26. The van der Waals surface area contributed by atoms with Crippen LogP contribution < -0.4 is 4.90 Å². The minimum absolute atomic E-state index is 0.0241. The fraction of sp³-hybridized carbons (Fsp3) is 0.615. The smallest absolute Gasteiger partial charge is 0.371 e. The van der Waals surface area contributed by atoms with Crippen molar-refractivity contribution in [1.82, 2.24) is 4.90 Å². The van der Waals surface area contributed by atoms with Gasteiger partial charge in [-0.25, -0.2) is 4.79 Å². The normalized spacial score (nSPS) is 24.9. The van der Waals surface area contributed by atoms with Crippen LogP contribution in [0.1, 0.15) is 29.8 Å². The number of piperazine rings is 1. The second kappa shape index (κ2) is 4.65. The van der Waals surface area contributed by atoms with E-state index in [0.29, 0.717) is 11.9 Å². The molecule has 2 fully saturated rings. The van der Waals surface area contributed by atoms with Crippen molar-refractivity contribution in [3.8, 4) is 0 Å². The van der Waals surface area contributed by atoms with Crippen LogP contribution in [0.2, 0.25) is 0 Å². The van der Waals surface area contributed by atoms with Gasteiger partial charge in [-0.05, 0) is 25.5 Å². The Labute approximate surface area is 106 Å². The summed E-state index contributed by atoms with van der Waals surface area (Å²) in [5.74, 6) is -0.286. The molecule has 0 aromatic carbocycles. The average molecular weight is 250 g/mol. The first-order chi connectivity index (χ1) is 8.74. The number of rotatable bonds is 2. The molecule has 98 valence electrons. The number of nitrogens with zero attached hydrogens (tertiary/aromatic N) is 2. The van der Waals surface area contributed by atoms with Crippen LogP contribution in [0.5, 0.6) is 0 Å². The van der Waals surface area contributed by atoms with Gasteiger partial charge in [0.25, 0.3) is 0 Å². The number of hydrogen-bond acceptors (Lipinski definition) is 4. The molecule has 0 bridgehead atoms. The average Bonchev–Trinajstić information content (AvgIpc) is 2.88. The second-order valence-electron chi connectivity index (χ2n) is 5.07. The molecular weight excluding hydrogens is 232 g/mol. The molecule has 1 unspecified atom stereocenters. The number of carbonyl (C=O) groups is 1. The summed E-state index contributed by atoms with van der Waals surface area (Å²) in [6, 6.07) is 3.90. The van der Waals surface area contributed by atoms with Gasteiger partial charge in [-0.3, -0.25) is 4.90 Å². The number of hydrogen-bond donors (Lipinski definition) is 1. The molecule has 1 aromatic rings. The highest BCUT2D eigenvalue weighted by Gasteiger charge is 2.30. The summed E-state index contributed by atoms with van der Waals surface area (Å²) < 4.78 is 5.37. The first-order valence-electron chi connectivity index (χ1n) is 6.56. The quantitative estimate of drug-likeness (QED) is 0.865. The summed E-state index contributed by atoms with van der Waals surface area (Å²) in [5, 5.41) is 8.86. The molecule has 2 aliphatic heterocycles. The van der Waals surface area contributed by atoms with Crippen LogP contribution in [-0.4, -0.2) is 48.2 Å². The van der Waals surface area contributed by atoms with Gasteiger partial charge in [-0.2, -0.15) is 0 Å². The maximum Gasteiger partial charge on any atom is 0.371 e. The fourth-order valence-electron chi connectivity index (χ4n) is 2.97. The number of carboxylic acid groups (broad SMARTS) is 1. The molecular formula is C13H18N2O3. The van der Waals surface area contributed by atoms with Crippen molar-refractivity contribution in [2.45, 2.75) is 25.3 Å². The van der Waals surface area contributed by atoms with Gasteiger partial charge in [-0.15, -0.1) is 0 Å². The zero-order chi connectivity index (χ0) is 12.5. The van der Waals surface area contributed by atoms with Gasteiger partial charge in [0, 0.05) is 31.7 Å². The molecule has 3 heterocycles. The predicted octanol–water partition coefficient (Wildman–Crippen LogP) is 1.65. The largest absolute Gasteiger partial charge is 0.475 e. The molecule has 5 nitrogen and oxygen atoms in total. The lowest BCUT2D eigenvalue weighted by Gasteiger charge is -2.43. The summed E-state index contributed by atoms with van der Waals surface area (Å²) >= 11 is 0. The van der Waals surface area contributed by atoms with Crippen molar-refractivity contribution in [3.63, 3.8) is 0 Å². The molecule has 5 heteroatoms.